The van der Waals surface area contributed by atoms with E-state index in [0.29, 0.717) is 0 Å². The summed E-state index contributed by atoms with van der Waals surface area (Å²) < 4.78 is 1.63. The van der Waals surface area contributed by atoms with E-state index in [1.807, 2.05) is 23.5 Å². The Bertz CT molecular complexity index is 455. The maximum atomic E-state index is 2.42. The van der Waals surface area contributed by atoms with Crippen LogP contribution in [0.2, 0.25) is 0 Å². The molecular formula is C18H26S6. The molecule has 1 aromatic rings. The molecule has 0 aromatic heterocycles. The molecule has 2 unspecified atom stereocenters. The van der Waals surface area contributed by atoms with Crippen LogP contribution >= 0.6 is 70.6 Å². The Hall–Kier alpha value is 1.32. The average Bonchev–Trinajstić information content (AvgIpc) is 3.31. The largest absolute Gasteiger partial charge is 0.146 e. The summed E-state index contributed by atoms with van der Waals surface area (Å²) in [5.74, 6) is 9.42. The van der Waals surface area contributed by atoms with Crippen molar-refractivity contribution in [2.24, 2.45) is 11.8 Å². The molecule has 0 aliphatic carbocycles. The van der Waals surface area contributed by atoms with E-state index in [2.05, 4.69) is 85.2 Å². The van der Waals surface area contributed by atoms with Crippen molar-refractivity contribution in [2.75, 3.05) is 34.5 Å². The lowest BCUT2D eigenvalue weighted by atomic mass is 10.3. The zero-order chi connectivity index (χ0) is 16.8. The van der Waals surface area contributed by atoms with Crippen LogP contribution in [0, 0.1) is 11.8 Å². The van der Waals surface area contributed by atoms with Crippen LogP contribution < -0.4 is 0 Å². The molecule has 0 nitrogen and oxygen atoms in total. The van der Waals surface area contributed by atoms with E-state index in [-0.39, 0.29) is 0 Å². The number of thioether (sulfide) groups is 6. The van der Waals surface area contributed by atoms with Gasteiger partial charge in [-0.15, -0.1) is 70.6 Å². The van der Waals surface area contributed by atoms with Crippen LogP contribution in [0.1, 0.15) is 13.8 Å². The van der Waals surface area contributed by atoms with E-state index in [1.54, 1.807) is 0 Å². The second-order valence-electron chi connectivity index (χ2n) is 6.27. The number of benzene rings is 1. The van der Waals surface area contributed by atoms with Gasteiger partial charge in [0.1, 0.15) is 0 Å². The molecule has 3 rings (SSSR count). The fourth-order valence-corrected chi connectivity index (χ4v) is 11.4. The molecule has 2 aliphatic rings. The third kappa shape index (κ3) is 6.19. The summed E-state index contributed by atoms with van der Waals surface area (Å²) in [5.41, 5.74) is 0. The van der Waals surface area contributed by atoms with Gasteiger partial charge in [-0.1, -0.05) is 19.9 Å². The quantitative estimate of drug-likeness (QED) is 0.412. The third-order valence-electron chi connectivity index (χ3n) is 4.06. The molecule has 0 amide bonds. The van der Waals surface area contributed by atoms with Gasteiger partial charge in [0, 0.05) is 44.3 Å². The minimum Gasteiger partial charge on any atom is -0.146 e. The average molecular weight is 435 g/mol. The van der Waals surface area contributed by atoms with E-state index in [9.17, 15) is 0 Å². The van der Waals surface area contributed by atoms with Gasteiger partial charge in [-0.2, -0.15) is 0 Å². The molecule has 2 heterocycles. The lowest BCUT2D eigenvalue weighted by Crippen LogP contribution is -2.10. The Labute approximate surface area is 173 Å². The van der Waals surface area contributed by atoms with E-state index in [0.717, 1.165) is 21.0 Å². The topological polar surface area (TPSA) is 0 Å². The van der Waals surface area contributed by atoms with Gasteiger partial charge in [-0.05, 0) is 30.0 Å². The maximum absolute atomic E-state index is 2.42. The molecule has 6 heteroatoms. The zero-order valence-corrected chi connectivity index (χ0v) is 19.2. The van der Waals surface area contributed by atoms with E-state index < -0.39 is 0 Å². The fraction of sp³-hybridized carbons (Fsp3) is 0.667. The summed E-state index contributed by atoms with van der Waals surface area (Å²) in [6, 6.07) is 9.20. The van der Waals surface area contributed by atoms with Crippen LogP contribution in [0.5, 0.6) is 0 Å². The number of hydrogen-bond acceptors (Lipinski definition) is 6. The standard InChI is InChI=1S/C18H26S6/c1-13(17-19-6-7-20-17)11-23-15-4-3-5-16(10-15)24-12-14(2)18-21-8-9-22-18/h3-5,10,13-14,17-18H,6-9,11-12H2,1-2H3. The Kier molecular flexibility index (Phi) is 8.86. The number of rotatable bonds is 8. The normalized spacial score (nSPS) is 22.1. The first-order chi connectivity index (χ1) is 11.7. The zero-order valence-electron chi connectivity index (χ0n) is 14.3. The van der Waals surface area contributed by atoms with Crippen molar-refractivity contribution < 1.29 is 0 Å². The molecule has 0 radical (unpaired) electrons. The molecule has 0 bridgehead atoms. The minimum atomic E-state index is 0.792. The molecule has 134 valence electrons. The molecule has 24 heavy (non-hydrogen) atoms. The van der Waals surface area contributed by atoms with Crippen LogP contribution in [0.4, 0.5) is 0 Å². The third-order valence-corrected chi connectivity index (χ3v) is 13.7. The van der Waals surface area contributed by atoms with Gasteiger partial charge in [-0.25, -0.2) is 0 Å². The summed E-state index contributed by atoms with van der Waals surface area (Å²) in [5, 5.41) is 0. The van der Waals surface area contributed by atoms with E-state index in [1.165, 1.54) is 44.3 Å². The smallest absolute Gasteiger partial charge is 0.0536 e. The van der Waals surface area contributed by atoms with Crippen molar-refractivity contribution >= 4 is 70.6 Å². The first kappa shape index (κ1) is 20.1. The highest BCUT2D eigenvalue weighted by Crippen LogP contribution is 2.40. The minimum absolute atomic E-state index is 0.792. The van der Waals surface area contributed by atoms with Gasteiger partial charge in [-0.3, -0.25) is 0 Å². The van der Waals surface area contributed by atoms with E-state index >= 15 is 0 Å². The van der Waals surface area contributed by atoms with E-state index in [4.69, 9.17) is 0 Å². The first-order valence-electron chi connectivity index (χ1n) is 8.54. The predicted molar refractivity (Wildman–Crippen MR) is 124 cm³/mol. The van der Waals surface area contributed by atoms with Gasteiger partial charge < -0.3 is 0 Å². The van der Waals surface area contributed by atoms with Crippen molar-refractivity contribution in [1.82, 2.24) is 0 Å². The molecule has 0 spiro atoms. The molecule has 1 aromatic carbocycles. The molecule has 0 saturated carbocycles. The highest BCUT2D eigenvalue weighted by Gasteiger charge is 2.23. The van der Waals surface area contributed by atoms with Gasteiger partial charge in [0.05, 0.1) is 9.16 Å². The van der Waals surface area contributed by atoms with Crippen molar-refractivity contribution in [2.45, 2.75) is 32.8 Å². The predicted octanol–water partition coefficient (Wildman–Crippen LogP) is 6.76. The molecule has 2 fully saturated rings. The molecule has 2 aliphatic heterocycles. The second-order valence-corrected chi connectivity index (χ2v) is 14.1. The number of hydrogen-bond donors (Lipinski definition) is 0. The maximum Gasteiger partial charge on any atom is 0.0536 e. The highest BCUT2D eigenvalue weighted by molar-refractivity contribution is 8.20. The second kappa shape index (κ2) is 10.6. The van der Waals surface area contributed by atoms with Crippen LogP contribution in [-0.2, 0) is 0 Å². The highest BCUT2D eigenvalue weighted by atomic mass is 32.2. The Morgan fingerprint density at radius 2 is 1.25 bits per heavy atom. The van der Waals surface area contributed by atoms with Crippen LogP contribution in [0.15, 0.2) is 34.1 Å². The SMILES string of the molecule is CC(CSc1cccc(SCC(C)C2SCCS2)c1)C1SCCS1. The summed E-state index contributed by atoms with van der Waals surface area (Å²) in [7, 11) is 0. The molecular weight excluding hydrogens is 409 g/mol. The summed E-state index contributed by atoms with van der Waals surface area (Å²) in [6.45, 7) is 4.83. The van der Waals surface area contributed by atoms with Crippen molar-refractivity contribution in [1.29, 1.82) is 0 Å². The fourth-order valence-electron chi connectivity index (χ4n) is 2.68. The van der Waals surface area contributed by atoms with Crippen LogP contribution in [0.25, 0.3) is 0 Å². The van der Waals surface area contributed by atoms with Crippen molar-refractivity contribution in [3.05, 3.63) is 24.3 Å². The Morgan fingerprint density at radius 1 is 0.833 bits per heavy atom. The van der Waals surface area contributed by atoms with Crippen molar-refractivity contribution in [3.63, 3.8) is 0 Å². The molecule has 0 N–H and O–H groups in total. The van der Waals surface area contributed by atoms with Gasteiger partial charge in [0.2, 0.25) is 0 Å². The first-order valence-corrected chi connectivity index (χ1v) is 14.7. The summed E-state index contributed by atoms with van der Waals surface area (Å²) in [6.07, 6.45) is 0. The molecule has 2 saturated heterocycles. The van der Waals surface area contributed by atoms with Gasteiger partial charge in [0.15, 0.2) is 0 Å². The Morgan fingerprint density at radius 3 is 1.67 bits per heavy atom. The molecule has 2 atom stereocenters. The van der Waals surface area contributed by atoms with Crippen LogP contribution in [0.3, 0.4) is 0 Å². The lowest BCUT2D eigenvalue weighted by molar-refractivity contribution is 0.736. The summed E-state index contributed by atoms with van der Waals surface area (Å²) in [4.78, 5) is 2.88. The monoisotopic (exact) mass is 434 g/mol. The lowest BCUT2D eigenvalue weighted by Gasteiger charge is -2.18. The summed E-state index contributed by atoms with van der Waals surface area (Å²) >= 11 is 12.7. The van der Waals surface area contributed by atoms with Gasteiger partial charge in [0.25, 0.3) is 0 Å². The van der Waals surface area contributed by atoms with Gasteiger partial charge >= 0.3 is 0 Å². The van der Waals surface area contributed by atoms with Crippen molar-refractivity contribution in [3.8, 4) is 0 Å². The van der Waals surface area contributed by atoms with Crippen LogP contribution in [-0.4, -0.2) is 43.7 Å². The Balaban J connectivity index is 1.44.